The van der Waals surface area contributed by atoms with Crippen molar-refractivity contribution in [3.05, 3.63) is 48.7 Å². The van der Waals surface area contributed by atoms with Crippen molar-refractivity contribution in [3.8, 4) is 22.6 Å². The minimum absolute atomic E-state index is 0.148. The van der Waals surface area contributed by atoms with Crippen LogP contribution in [-0.2, 0) is 9.84 Å². The standard InChI is InChI=1S/C23H27FN4O3S/c1-15(2)32(30,31)23-25-12-11-20(27-23)22-21(17-5-7-18(24)8-6-17)26-14-28(22)19-9-3-16(13-29)4-10-19/h5-8,11-12,14-16,19,29H,3-4,9-10,13H2,1-2H3/t16-,19-. The summed E-state index contributed by atoms with van der Waals surface area (Å²) in [6.07, 6.45) is 6.75. The van der Waals surface area contributed by atoms with Crippen LogP contribution in [0.2, 0.25) is 0 Å². The summed E-state index contributed by atoms with van der Waals surface area (Å²) in [6, 6.07) is 7.88. The van der Waals surface area contributed by atoms with Crippen molar-refractivity contribution in [3.63, 3.8) is 0 Å². The Labute approximate surface area is 187 Å². The zero-order valence-corrected chi connectivity index (χ0v) is 19.0. The first-order valence-corrected chi connectivity index (χ1v) is 12.4. The third-order valence-corrected chi connectivity index (χ3v) is 8.08. The molecule has 1 aliphatic carbocycles. The molecular formula is C23H27FN4O3S. The lowest BCUT2D eigenvalue weighted by atomic mass is 9.86. The summed E-state index contributed by atoms with van der Waals surface area (Å²) in [5, 5.41) is 8.62. The van der Waals surface area contributed by atoms with Crippen LogP contribution in [-0.4, -0.2) is 44.9 Å². The fraction of sp³-hybridized carbons (Fsp3) is 0.435. The van der Waals surface area contributed by atoms with Crippen LogP contribution in [0.3, 0.4) is 0 Å². The number of sulfone groups is 1. The SMILES string of the molecule is CC(C)S(=O)(=O)c1nccc(-c2c(-c3ccc(F)cc3)ncn2[C@H]2CC[C@H](CO)CC2)n1. The van der Waals surface area contributed by atoms with E-state index >= 15 is 0 Å². The Balaban J connectivity index is 1.84. The maximum atomic E-state index is 13.5. The summed E-state index contributed by atoms with van der Waals surface area (Å²) in [5.41, 5.74) is 2.48. The van der Waals surface area contributed by atoms with Gasteiger partial charge in [0.2, 0.25) is 15.0 Å². The van der Waals surface area contributed by atoms with Gasteiger partial charge in [-0.25, -0.2) is 27.8 Å². The lowest BCUT2D eigenvalue weighted by Gasteiger charge is -2.29. The van der Waals surface area contributed by atoms with Crippen molar-refractivity contribution in [2.75, 3.05) is 6.61 Å². The highest BCUT2D eigenvalue weighted by Gasteiger charge is 2.28. The maximum Gasteiger partial charge on any atom is 0.247 e. The molecule has 0 radical (unpaired) electrons. The lowest BCUT2D eigenvalue weighted by molar-refractivity contribution is 0.169. The summed E-state index contributed by atoms with van der Waals surface area (Å²) < 4.78 is 40.9. The van der Waals surface area contributed by atoms with E-state index in [2.05, 4.69) is 15.0 Å². The van der Waals surface area contributed by atoms with Crippen LogP contribution in [0.15, 0.2) is 48.0 Å². The van der Waals surface area contributed by atoms with Crippen molar-refractivity contribution < 1.29 is 17.9 Å². The second-order valence-electron chi connectivity index (χ2n) is 8.53. The number of aromatic nitrogens is 4. The highest BCUT2D eigenvalue weighted by molar-refractivity contribution is 7.91. The summed E-state index contributed by atoms with van der Waals surface area (Å²) in [7, 11) is -3.65. The van der Waals surface area contributed by atoms with Gasteiger partial charge in [0.05, 0.1) is 28.7 Å². The van der Waals surface area contributed by atoms with Gasteiger partial charge in [-0.1, -0.05) is 0 Å². The van der Waals surface area contributed by atoms with Gasteiger partial charge in [0.15, 0.2) is 0 Å². The average molecular weight is 459 g/mol. The first kappa shape index (κ1) is 22.5. The Kier molecular flexibility index (Phi) is 6.39. The second-order valence-corrected chi connectivity index (χ2v) is 10.9. The van der Waals surface area contributed by atoms with Crippen LogP contribution < -0.4 is 0 Å². The summed E-state index contributed by atoms with van der Waals surface area (Å²) in [6.45, 7) is 3.38. The molecule has 0 spiro atoms. The number of rotatable bonds is 6. The monoisotopic (exact) mass is 458 g/mol. The van der Waals surface area contributed by atoms with Crippen molar-refractivity contribution in [2.24, 2.45) is 5.92 Å². The topological polar surface area (TPSA) is 98.0 Å². The summed E-state index contributed by atoms with van der Waals surface area (Å²) in [5.74, 6) is -0.0407. The summed E-state index contributed by atoms with van der Waals surface area (Å²) >= 11 is 0. The molecular weight excluding hydrogens is 431 g/mol. The number of imidazole rings is 1. The van der Waals surface area contributed by atoms with Crippen LogP contribution in [0.25, 0.3) is 22.6 Å². The molecule has 32 heavy (non-hydrogen) atoms. The van der Waals surface area contributed by atoms with E-state index in [0.717, 1.165) is 31.2 Å². The fourth-order valence-corrected chi connectivity index (χ4v) is 4.99. The van der Waals surface area contributed by atoms with E-state index in [1.165, 1.54) is 18.3 Å². The molecule has 1 saturated carbocycles. The van der Waals surface area contributed by atoms with Crippen molar-refractivity contribution in [2.45, 2.75) is 56.0 Å². The predicted molar refractivity (Wildman–Crippen MR) is 119 cm³/mol. The van der Waals surface area contributed by atoms with Crippen LogP contribution in [0.1, 0.15) is 45.6 Å². The molecule has 0 atom stereocenters. The molecule has 2 aromatic heterocycles. The molecule has 4 rings (SSSR count). The van der Waals surface area contributed by atoms with Crippen LogP contribution in [0.5, 0.6) is 0 Å². The van der Waals surface area contributed by atoms with Gasteiger partial charge >= 0.3 is 0 Å². The molecule has 0 aliphatic heterocycles. The van der Waals surface area contributed by atoms with Gasteiger partial charge in [0, 0.05) is 24.4 Å². The second kappa shape index (κ2) is 9.07. The normalized spacial score (nSPS) is 19.4. The van der Waals surface area contributed by atoms with E-state index in [4.69, 9.17) is 0 Å². The third kappa shape index (κ3) is 4.31. The highest BCUT2D eigenvalue weighted by Crippen LogP contribution is 2.38. The molecule has 2 heterocycles. The quantitative estimate of drug-likeness (QED) is 0.560. The Morgan fingerprint density at radius 1 is 1.09 bits per heavy atom. The molecule has 1 fully saturated rings. The van der Waals surface area contributed by atoms with E-state index in [9.17, 15) is 17.9 Å². The number of aliphatic hydroxyl groups is 1. The smallest absolute Gasteiger partial charge is 0.247 e. The molecule has 0 unspecified atom stereocenters. The minimum Gasteiger partial charge on any atom is -0.396 e. The molecule has 3 aromatic rings. The Morgan fingerprint density at radius 3 is 2.41 bits per heavy atom. The third-order valence-electron chi connectivity index (χ3n) is 6.13. The number of aliphatic hydroxyl groups excluding tert-OH is 1. The van der Waals surface area contributed by atoms with E-state index in [-0.39, 0.29) is 23.6 Å². The molecule has 7 nitrogen and oxygen atoms in total. The Morgan fingerprint density at radius 2 is 1.78 bits per heavy atom. The van der Waals surface area contributed by atoms with Crippen LogP contribution in [0.4, 0.5) is 4.39 Å². The first-order valence-electron chi connectivity index (χ1n) is 10.8. The van der Waals surface area contributed by atoms with E-state index in [1.54, 1.807) is 38.4 Å². The minimum atomic E-state index is -3.65. The number of hydrogen-bond acceptors (Lipinski definition) is 6. The molecule has 170 valence electrons. The molecule has 1 N–H and O–H groups in total. The fourth-order valence-electron chi connectivity index (χ4n) is 4.14. The zero-order chi connectivity index (χ0) is 22.9. The van der Waals surface area contributed by atoms with Gasteiger partial charge in [-0.2, -0.15) is 0 Å². The van der Waals surface area contributed by atoms with Gasteiger partial charge in [-0.05, 0) is 75.8 Å². The Hall–Kier alpha value is -2.65. The lowest BCUT2D eigenvalue weighted by Crippen LogP contribution is -2.21. The first-order chi connectivity index (χ1) is 15.3. The average Bonchev–Trinajstić information content (AvgIpc) is 3.24. The molecule has 0 saturated heterocycles. The molecule has 1 aromatic carbocycles. The number of hydrogen-bond donors (Lipinski definition) is 1. The largest absolute Gasteiger partial charge is 0.396 e. The Bertz CT molecular complexity index is 1180. The van der Waals surface area contributed by atoms with Gasteiger partial charge in [-0.3, -0.25) is 0 Å². The number of nitrogens with zero attached hydrogens (tertiary/aromatic N) is 4. The van der Waals surface area contributed by atoms with Crippen molar-refractivity contribution >= 4 is 9.84 Å². The number of benzene rings is 1. The van der Waals surface area contributed by atoms with E-state index in [1.807, 2.05) is 4.57 Å². The predicted octanol–water partition coefficient (Wildman–Crippen LogP) is 4.05. The molecule has 9 heteroatoms. The van der Waals surface area contributed by atoms with Gasteiger partial charge in [-0.15, -0.1) is 0 Å². The van der Waals surface area contributed by atoms with Crippen molar-refractivity contribution in [1.82, 2.24) is 19.5 Å². The van der Waals surface area contributed by atoms with E-state index in [0.29, 0.717) is 23.0 Å². The molecule has 0 amide bonds. The van der Waals surface area contributed by atoms with E-state index < -0.39 is 15.1 Å². The van der Waals surface area contributed by atoms with Gasteiger partial charge in [0.25, 0.3) is 0 Å². The van der Waals surface area contributed by atoms with Gasteiger partial charge in [0.1, 0.15) is 5.82 Å². The van der Waals surface area contributed by atoms with Crippen molar-refractivity contribution in [1.29, 1.82) is 0 Å². The van der Waals surface area contributed by atoms with Crippen LogP contribution in [0, 0.1) is 11.7 Å². The number of halogens is 1. The highest BCUT2D eigenvalue weighted by atomic mass is 32.2. The molecule has 0 bridgehead atoms. The maximum absolute atomic E-state index is 13.5. The zero-order valence-electron chi connectivity index (χ0n) is 18.1. The summed E-state index contributed by atoms with van der Waals surface area (Å²) in [4.78, 5) is 13.1. The van der Waals surface area contributed by atoms with Crippen LogP contribution >= 0.6 is 0 Å². The molecule has 1 aliphatic rings. The van der Waals surface area contributed by atoms with Gasteiger partial charge < -0.3 is 9.67 Å².